The lowest BCUT2D eigenvalue weighted by molar-refractivity contribution is -0.891. The third-order valence-electron chi connectivity index (χ3n) is 10.5. The van der Waals surface area contributed by atoms with Gasteiger partial charge in [0.1, 0.15) is 0 Å². The fourth-order valence-electron chi connectivity index (χ4n) is 7.13. The number of quaternary nitrogens is 2. The zero-order valence-corrected chi connectivity index (χ0v) is 37.4. The topological polar surface area (TPSA) is 0 Å². The molecule has 0 aliphatic rings. The summed E-state index contributed by atoms with van der Waals surface area (Å²) in [5, 5.41) is 0. The van der Waals surface area contributed by atoms with Crippen LogP contribution in [0.25, 0.3) is 0 Å². The lowest BCUT2D eigenvalue weighted by atomic mass is 10.0. The molecular weight excluding hydrogens is 786 g/mol. The van der Waals surface area contributed by atoms with Gasteiger partial charge >= 0.3 is 0 Å². The van der Waals surface area contributed by atoms with Crippen LogP contribution >= 0.6 is 0 Å². The zero-order valence-electron chi connectivity index (χ0n) is 33.1. The summed E-state index contributed by atoms with van der Waals surface area (Å²) in [4.78, 5) is 0. The summed E-state index contributed by atoms with van der Waals surface area (Å²) >= 11 is 0. The summed E-state index contributed by atoms with van der Waals surface area (Å²) in [5.41, 5.74) is 0. The molecule has 0 aliphatic heterocycles. The number of hydrogen-bond donors (Lipinski definition) is 0. The molecule has 0 aromatic rings. The summed E-state index contributed by atoms with van der Waals surface area (Å²) in [7, 11) is 9.88. The van der Waals surface area contributed by atoms with Crippen LogP contribution in [0.15, 0.2) is 0 Å². The van der Waals surface area contributed by atoms with E-state index in [1.54, 1.807) is 0 Å². The average molecular weight is 877 g/mol. The smallest absolute Gasteiger partial charge is 0.0782 e. The normalized spacial score (nSPS) is 11.9. The third-order valence-corrected chi connectivity index (χ3v) is 10.5. The van der Waals surface area contributed by atoms with E-state index in [0.717, 1.165) is 0 Å². The minimum absolute atomic E-state index is 0. The highest BCUT2D eigenvalue weighted by atomic mass is 127. The number of unbranched alkanes of at least 4 members (excludes halogenated alkanes) is 29. The molecule has 0 amide bonds. The second kappa shape index (κ2) is 39.2. The van der Waals surface area contributed by atoms with E-state index >= 15 is 0 Å². The van der Waals surface area contributed by atoms with Crippen molar-refractivity contribution in [2.75, 3.05) is 54.4 Å². The van der Waals surface area contributed by atoms with E-state index < -0.39 is 0 Å². The van der Waals surface area contributed by atoms with Gasteiger partial charge in [0.25, 0.3) is 0 Å². The van der Waals surface area contributed by atoms with Crippen LogP contribution in [-0.2, 0) is 0 Å². The molecular formula is C42H90I2N2. The summed E-state index contributed by atoms with van der Waals surface area (Å²) in [6.45, 7) is 10.1. The van der Waals surface area contributed by atoms with Crippen molar-refractivity contribution in [1.29, 1.82) is 0 Å². The highest BCUT2D eigenvalue weighted by Gasteiger charge is 2.15. The molecule has 0 radical (unpaired) electrons. The molecule has 46 heavy (non-hydrogen) atoms. The van der Waals surface area contributed by atoms with Gasteiger partial charge in [-0.15, -0.1) is 0 Å². The second-order valence-electron chi connectivity index (χ2n) is 16.4. The Bertz CT molecular complexity index is 504. The van der Waals surface area contributed by atoms with Gasteiger partial charge in [0.2, 0.25) is 0 Å². The Morgan fingerprint density at radius 1 is 0.217 bits per heavy atom. The molecule has 0 aliphatic carbocycles. The number of rotatable bonds is 37. The predicted molar refractivity (Wildman–Crippen MR) is 203 cm³/mol. The van der Waals surface area contributed by atoms with E-state index in [2.05, 4.69) is 42.0 Å². The maximum Gasteiger partial charge on any atom is 0.0782 e. The SMILES string of the molecule is CCCCCCCCCCCCCCCC[N+](C)(C)CCCCCC[N+](C)(C)CCCCCCCCCCCCCCCC.[I-].[I-]. The number of halogens is 2. The Labute approximate surface area is 328 Å². The molecule has 0 rings (SSSR count). The monoisotopic (exact) mass is 877 g/mol. The minimum Gasteiger partial charge on any atom is -1.00 e. The van der Waals surface area contributed by atoms with Crippen LogP contribution in [0.1, 0.15) is 219 Å². The fraction of sp³-hybridized carbons (Fsp3) is 1.00. The molecule has 2 nitrogen and oxygen atoms in total. The molecule has 0 bridgehead atoms. The van der Waals surface area contributed by atoms with Crippen molar-refractivity contribution in [3.8, 4) is 0 Å². The molecule has 0 aromatic heterocycles. The van der Waals surface area contributed by atoms with Gasteiger partial charge in [-0.05, 0) is 51.4 Å². The number of hydrogen-bond acceptors (Lipinski definition) is 0. The van der Waals surface area contributed by atoms with Crippen LogP contribution in [0, 0.1) is 0 Å². The molecule has 0 fully saturated rings. The van der Waals surface area contributed by atoms with Crippen molar-refractivity contribution in [3.63, 3.8) is 0 Å². The maximum absolute atomic E-state index is 2.47. The van der Waals surface area contributed by atoms with Gasteiger partial charge in [0, 0.05) is 0 Å². The van der Waals surface area contributed by atoms with E-state index in [4.69, 9.17) is 0 Å². The largest absolute Gasteiger partial charge is 1.00 e. The van der Waals surface area contributed by atoms with Gasteiger partial charge in [-0.25, -0.2) is 0 Å². The molecule has 0 saturated carbocycles. The lowest BCUT2D eigenvalue weighted by Gasteiger charge is -2.31. The van der Waals surface area contributed by atoms with Gasteiger partial charge in [-0.1, -0.05) is 168 Å². The van der Waals surface area contributed by atoms with Gasteiger partial charge in [0.15, 0.2) is 0 Å². The highest BCUT2D eigenvalue weighted by molar-refractivity contribution is 4.52. The molecule has 4 heteroatoms. The quantitative estimate of drug-likeness (QED) is 0.0342. The first-order valence-electron chi connectivity index (χ1n) is 21.0. The van der Waals surface area contributed by atoms with Gasteiger partial charge in [0.05, 0.1) is 54.4 Å². The Morgan fingerprint density at radius 3 is 0.500 bits per heavy atom. The highest BCUT2D eigenvalue weighted by Crippen LogP contribution is 2.16. The summed E-state index contributed by atoms with van der Waals surface area (Å²) in [6, 6.07) is 0. The van der Waals surface area contributed by atoms with Crippen molar-refractivity contribution >= 4 is 0 Å². The minimum atomic E-state index is 0. The van der Waals surface area contributed by atoms with Gasteiger partial charge in [-0.3, -0.25) is 0 Å². The standard InChI is InChI=1S/C42H90N2.2HI/c1-7-9-11-13-15-17-19-21-23-25-27-29-31-35-39-43(3,4)41-37-33-34-38-42-44(5,6)40-36-32-30-28-26-24-22-20-18-16-14-12-10-8-2;;/h7-42H2,1-6H3;2*1H/q+2;;/p-2. The van der Waals surface area contributed by atoms with Crippen molar-refractivity contribution < 1.29 is 56.9 Å². The molecule has 282 valence electrons. The molecule has 0 spiro atoms. The first kappa shape index (κ1) is 51.7. The van der Waals surface area contributed by atoms with Crippen molar-refractivity contribution in [1.82, 2.24) is 0 Å². The Balaban J connectivity index is -0.00000924. The van der Waals surface area contributed by atoms with Crippen LogP contribution in [0.3, 0.4) is 0 Å². The maximum atomic E-state index is 2.47. The molecule has 0 saturated heterocycles. The van der Waals surface area contributed by atoms with Crippen LogP contribution in [0.4, 0.5) is 0 Å². The second-order valence-corrected chi connectivity index (χ2v) is 16.4. The van der Waals surface area contributed by atoms with Gasteiger partial charge < -0.3 is 56.9 Å². The van der Waals surface area contributed by atoms with Crippen molar-refractivity contribution in [3.05, 3.63) is 0 Å². The summed E-state index contributed by atoms with van der Waals surface area (Å²) in [6.07, 6.45) is 46.5. The van der Waals surface area contributed by atoms with Crippen LogP contribution in [0.2, 0.25) is 0 Å². The molecule has 0 unspecified atom stereocenters. The molecule has 0 aromatic carbocycles. The molecule has 0 heterocycles. The van der Waals surface area contributed by atoms with Gasteiger partial charge in [-0.2, -0.15) is 0 Å². The first-order valence-corrected chi connectivity index (χ1v) is 21.0. The van der Waals surface area contributed by atoms with Crippen molar-refractivity contribution in [2.45, 2.75) is 219 Å². The Morgan fingerprint density at radius 2 is 0.348 bits per heavy atom. The zero-order chi connectivity index (χ0) is 32.5. The van der Waals surface area contributed by atoms with E-state index in [1.807, 2.05) is 0 Å². The van der Waals surface area contributed by atoms with E-state index in [9.17, 15) is 0 Å². The van der Waals surface area contributed by atoms with Crippen LogP contribution in [0.5, 0.6) is 0 Å². The first-order chi connectivity index (χ1) is 21.3. The average Bonchev–Trinajstić information content (AvgIpc) is 2.99. The summed E-state index contributed by atoms with van der Waals surface area (Å²) in [5.74, 6) is 0. The summed E-state index contributed by atoms with van der Waals surface area (Å²) < 4.78 is 2.47. The molecule has 0 N–H and O–H groups in total. The Kier molecular flexibility index (Phi) is 44.1. The fourth-order valence-corrected chi connectivity index (χ4v) is 7.13. The lowest BCUT2D eigenvalue weighted by Crippen LogP contribution is -3.00. The van der Waals surface area contributed by atoms with E-state index in [1.165, 1.54) is 241 Å². The van der Waals surface area contributed by atoms with Crippen LogP contribution < -0.4 is 48.0 Å². The van der Waals surface area contributed by atoms with Crippen molar-refractivity contribution in [2.24, 2.45) is 0 Å². The Hall–Kier alpha value is 1.38. The predicted octanol–water partition coefficient (Wildman–Crippen LogP) is 7.67. The van der Waals surface area contributed by atoms with Crippen LogP contribution in [-0.4, -0.2) is 63.3 Å². The number of nitrogens with zero attached hydrogens (tertiary/aromatic N) is 2. The van der Waals surface area contributed by atoms with E-state index in [0.29, 0.717) is 0 Å². The van der Waals surface area contributed by atoms with E-state index in [-0.39, 0.29) is 48.0 Å². The third kappa shape index (κ3) is 41.6. The molecule has 0 atom stereocenters.